The van der Waals surface area contributed by atoms with Crippen LogP contribution < -0.4 is 5.32 Å². The van der Waals surface area contributed by atoms with Crippen LogP contribution in [0.3, 0.4) is 0 Å². The molecule has 1 aliphatic heterocycles. The zero-order chi connectivity index (χ0) is 23.6. The molecule has 4 heterocycles. The van der Waals surface area contributed by atoms with E-state index < -0.39 is 0 Å². The van der Waals surface area contributed by atoms with Gasteiger partial charge in [0.2, 0.25) is 5.91 Å². The van der Waals surface area contributed by atoms with Crippen LogP contribution in [0, 0.1) is 0 Å². The first-order chi connectivity index (χ1) is 17.3. The van der Waals surface area contributed by atoms with Gasteiger partial charge in [-0.25, -0.2) is 4.68 Å². The van der Waals surface area contributed by atoms with Gasteiger partial charge in [-0.3, -0.25) is 9.36 Å². The van der Waals surface area contributed by atoms with Gasteiger partial charge in [0.25, 0.3) is 0 Å². The van der Waals surface area contributed by atoms with E-state index in [-0.39, 0.29) is 17.8 Å². The van der Waals surface area contributed by atoms with E-state index in [4.69, 9.17) is 4.74 Å². The van der Waals surface area contributed by atoms with E-state index in [9.17, 15) is 4.79 Å². The summed E-state index contributed by atoms with van der Waals surface area (Å²) >= 11 is 1.40. The van der Waals surface area contributed by atoms with Gasteiger partial charge in [0.1, 0.15) is 5.82 Å². The lowest BCUT2D eigenvalue weighted by Crippen LogP contribution is -2.20. The number of nitrogens with one attached hydrogen (secondary N) is 2. The van der Waals surface area contributed by atoms with Crippen LogP contribution >= 0.6 is 11.8 Å². The number of hydrogen-bond acceptors (Lipinski definition) is 6. The number of ether oxygens (including phenoxy) is 1. The maximum Gasteiger partial charge on any atom is 0.235 e. The van der Waals surface area contributed by atoms with Gasteiger partial charge in [0.05, 0.1) is 30.6 Å². The molecule has 6 rings (SSSR count). The van der Waals surface area contributed by atoms with Crippen molar-refractivity contribution < 1.29 is 9.53 Å². The molecule has 1 unspecified atom stereocenters. The number of carbonyl (C=O) groups excluding carboxylic acids is 1. The van der Waals surface area contributed by atoms with Crippen molar-refractivity contribution in [2.45, 2.75) is 62.4 Å². The lowest BCUT2D eigenvalue weighted by Gasteiger charge is -2.15. The summed E-state index contributed by atoms with van der Waals surface area (Å²) in [4.78, 5) is 16.2. The van der Waals surface area contributed by atoms with Crippen LogP contribution in [-0.2, 0) is 16.1 Å². The van der Waals surface area contributed by atoms with Gasteiger partial charge >= 0.3 is 0 Å². The van der Waals surface area contributed by atoms with E-state index in [1.165, 1.54) is 24.6 Å². The monoisotopic (exact) mass is 491 g/mol. The van der Waals surface area contributed by atoms with Crippen LogP contribution in [0.4, 0.5) is 5.82 Å². The van der Waals surface area contributed by atoms with Crippen LogP contribution in [0.1, 0.15) is 44.6 Å². The zero-order valence-corrected chi connectivity index (χ0v) is 20.3. The maximum absolute atomic E-state index is 12.9. The fraction of sp³-hybridized carbons (Fsp3) is 0.440. The molecular formula is C25H29N7O2S. The Bertz CT molecular complexity index is 1310. The molecule has 0 bridgehead atoms. The van der Waals surface area contributed by atoms with Crippen molar-refractivity contribution in [1.82, 2.24) is 29.5 Å². The Morgan fingerprint density at radius 3 is 2.89 bits per heavy atom. The first-order valence-electron chi connectivity index (χ1n) is 12.3. The van der Waals surface area contributed by atoms with Crippen molar-refractivity contribution in [3.63, 3.8) is 0 Å². The maximum atomic E-state index is 12.9. The van der Waals surface area contributed by atoms with Crippen molar-refractivity contribution in [1.29, 1.82) is 0 Å². The van der Waals surface area contributed by atoms with Gasteiger partial charge in [-0.1, -0.05) is 42.8 Å². The topological polar surface area (TPSA) is 103 Å². The number of hydrogen-bond donors (Lipinski definition) is 2. The summed E-state index contributed by atoms with van der Waals surface area (Å²) in [7, 11) is 0. The molecule has 4 aromatic rings. The third-order valence-corrected chi connectivity index (χ3v) is 7.86. The number of aromatic amines is 1. The SMILES string of the molecule is O=C(CSc1nnc(-c2c[nH]c3ccccc23)n1CC1CCCO1)Nc1ccnn1C1CCCC1. The van der Waals surface area contributed by atoms with E-state index in [1.54, 1.807) is 6.20 Å². The van der Waals surface area contributed by atoms with E-state index in [2.05, 4.69) is 42.3 Å². The fourth-order valence-electron chi connectivity index (χ4n) is 5.17. The van der Waals surface area contributed by atoms with E-state index >= 15 is 0 Å². The van der Waals surface area contributed by atoms with Crippen LogP contribution in [0.15, 0.2) is 47.9 Å². The molecule has 182 valence electrons. The number of carbonyl (C=O) groups is 1. The first kappa shape index (κ1) is 22.4. The van der Waals surface area contributed by atoms with Crippen molar-refractivity contribution in [3.05, 3.63) is 42.7 Å². The third-order valence-electron chi connectivity index (χ3n) is 6.90. The third kappa shape index (κ3) is 4.60. The number of thioether (sulfide) groups is 1. The molecule has 10 heteroatoms. The molecule has 2 fully saturated rings. The number of rotatable bonds is 8. The molecule has 9 nitrogen and oxygen atoms in total. The highest BCUT2D eigenvalue weighted by atomic mass is 32.2. The molecule has 3 aromatic heterocycles. The summed E-state index contributed by atoms with van der Waals surface area (Å²) in [5.41, 5.74) is 2.06. The van der Waals surface area contributed by atoms with Crippen LogP contribution in [0.25, 0.3) is 22.3 Å². The van der Waals surface area contributed by atoms with Crippen molar-refractivity contribution in [2.75, 3.05) is 17.7 Å². The highest BCUT2D eigenvalue weighted by Gasteiger charge is 2.24. The molecule has 1 aromatic carbocycles. The number of aromatic nitrogens is 6. The summed E-state index contributed by atoms with van der Waals surface area (Å²) < 4.78 is 9.98. The van der Waals surface area contributed by atoms with Crippen molar-refractivity contribution in [2.24, 2.45) is 0 Å². The lowest BCUT2D eigenvalue weighted by molar-refractivity contribution is -0.113. The standard InChI is InChI=1S/C25H29N7O2S/c33-23(28-22-11-12-27-32(22)17-6-1-2-7-17)16-35-25-30-29-24(31(25)15-18-8-5-13-34-18)20-14-26-21-10-4-3-9-19(20)21/h3-4,9-12,14,17-18,26H,1-2,5-8,13,15-16H2,(H,28,33). The summed E-state index contributed by atoms with van der Waals surface area (Å²) in [5, 5.41) is 18.3. The van der Waals surface area contributed by atoms with Gasteiger partial charge in [-0.05, 0) is 31.7 Å². The van der Waals surface area contributed by atoms with Crippen LogP contribution in [0.2, 0.25) is 0 Å². The number of nitrogens with zero attached hydrogens (tertiary/aromatic N) is 5. The van der Waals surface area contributed by atoms with Crippen molar-refractivity contribution in [3.8, 4) is 11.4 Å². The summed E-state index contributed by atoms with van der Waals surface area (Å²) in [5.74, 6) is 1.73. The molecule has 1 aliphatic carbocycles. The fourth-order valence-corrected chi connectivity index (χ4v) is 5.92. The minimum Gasteiger partial charge on any atom is -0.376 e. The number of para-hydroxylation sites is 1. The molecule has 35 heavy (non-hydrogen) atoms. The van der Waals surface area contributed by atoms with Gasteiger partial charge in [-0.15, -0.1) is 10.2 Å². The average Bonchev–Trinajstić information content (AvgIpc) is 3.69. The second-order valence-corrected chi connectivity index (χ2v) is 10.2. The quantitative estimate of drug-likeness (QED) is 0.348. The largest absolute Gasteiger partial charge is 0.376 e. The van der Waals surface area contributed by atoms with Crippen LogP contribution in [0.5, 0.6) is 0 Å². The number of benzene rings is 1. The Balaban J connectivity index is 1.21. The molecular weight excluding hydrogens is 462 g/mol. The molecule has 1 atom stereocenters. The molecule has 1 saturated carbocycles. The minimum atomic E-state index is -0.0740. The normalized spacial score (nSPS) is 18.6. The second-order valence-electron chi connectivity index (χ2n) is 9.24. The minimum absolute atomic E-state index is 0.0740. The highest BCUT2D eigenvalue weighted by molar-refractivity contribution is 7.99. The molecule has 2 N–H and O–H groups in total. The Morgan fingerprint density at radius 1 is 1.14 bits per heavy atom. The van der Waals surface area contributed by atoms with E-state index in [1.807, 2.05) is 29.1 Å². The molecule has 0 radical (unpaired) electrons. The van der Waals surface area contributed by atoms with Gasteiger partial charge in [0.15, 0.2) is 11.0 Å². The Hall–Kier alpha value is -3.11. The smallest absolute Gasteiger partial charge is 0.235 e. The number of anilines is 1. The number of fused-ring (bicyclic) bond motifs is 1. The Kier molecular flexibility index (Phi) is 6.30. The summed E-state index contributed by atoms with van der Waals surface area (Å²) in [6.45, 7) is 1.45. The predicted octanol–water partition coefficient (Wildman–Crippen LogP) is 4.65. The molecule has 1 amide bonds. The number of H-pyrrole nitrogens is 1. The van der Waals surface area contributed by atoms with E-state index in [0.29, 0.717) is 12.6 Å². The van der Waals surface area contributed by atoms with Gasteiger partial charge in [0, 0.05) is 35.3 Å². The van der Waals surface area contributed by atoms with Gasteiger partial charge < -0.3 is 15.0 Å². The van der Waals surface area contributed by atoms with Gasteiger partial charge in [-0.2, -0.15) is 5.10 Å². The zero-order valence-electron chi connectivity index (χ0n) is 19.5. The molecule has 0 spiro atoms. The summed E-state index contributed by atoms with van der Waals surface area (Å²) in [6, 6.07) is 10.4. The van der Waals surface area contributed by atoms with E-state index in [0.717, 1.165) is 65.6 Å². The molecule has 2 aliphatic rings. The predicted molar refractivity (Wildman–Crippen MR) is 135 cm³/mol. The van der Waals surface area contributed by atoms with Crippen molar-refractivity contribution >= 4 is 34.4 Å². The Labute approximate surface area is 207 Å². The number of amides is 1. The first-order valence-corrected chi connectivity index (χ1v) is 13.3. The lowest BCUT2D eigenvalue weighted by atomic mass is 10.1. The highest BCUT2D eigenvalue weighted by Crippen LogP contribution is 2.33. The second kappa shape index (κ2) is 9.87. The average molecular weight is 492 g/mol. The van der Waals surface area contributed by atoms with Crippen LogP contribution in [-0.4, -0.2) is 53.9 Å². The Morgan fingerprint density at radius 2 is 2.03 bits per heavy atom. The molecule has 1 saturated heterocycles. The summed E-state index contributed by atoms with van der Waals surface area (Å²) in [6.07, 6.45) is 10.6.